The van der Waals surface area contributed by atoms with Crippen LogP contribution in [0.3, 0.4) is 0 Å². The number of anilines is 1. The number of rotatable bonds is 12. The Hall–Kier alpha value is -4.98. The van der Waals surface area contributed by atoms with Crippen molar-refractivity contribution < 1.29 is 9.59 Å². The molecule has 2 atom stereocenters. The number of aromatic nitrogens is 3. The van der Waals surface area contributed by atoms with Crippen molar-refractivity contribution in [3.8, 4) is 22.5 Å². The Morgan fingerprint density at radius 1 is 0.935 bits per heavy atom. The number of H-pyrrole nitrogens is 1. The summed E-state index contributed by atoms with van der Waals surface area (Å²) < 4.78 is 0. The van der Waals surface area contributed by atoms with Crippen LogP contribution in [0.1, 0.15) is 56.8 Å². The fourth-order valence-corrected chi connectivity index (χ4v) is 6.42. The number of benzene rings is 3. The lowest BCUT2D eigenvalue weighted by Gasteiger charge is -2.35. The minimum absolute atomic E-state index is 0.0547. The van der Waals surface area contributed by atoms with E-state index in [9.17, 15) is 9.59 Å². The van der Waals surface area contributed by atoms with Crippen LogP contribution < -0.4 is 15.5 Å². The lowest BCUT2D eigenvalue weighted by atomic mass is 9.94. The fourth-order valence-electron chi connectivity index (χ4n) is 6.42. The van der Waals surface area contributed by atoms with E-state index >= 15 is 0 Å². The Balaban J connectivity index is 1.18. The van der Waals surface area contributed by atoms with Crippen LogP contribution in [0.2, 0.25) is 0 Å². The summed E-state index contributed by atoms with van der Waals surface area (Å²) in [5.41, 5.74) is 5.10. The summed E-state index contributed by atoms with van der Waals surface area (Å²) in [5.74, 6) is 0.730. The molecular weight excluding hydrogens is 572 g/mol. The van der Waals surface area contributed by atoms with Gasteiger partial charge in [-0.05, 0) is 60.7 Å². The first-order chi connectivity index (χ1) is 22.6. The van der Waals surface area contributed by atoms with E-state index in [1.54, 1.807) is 7.05 Å². The number of para-hydroxylation sites is 1. The number of hydrogen-bond acceptors (Lipinski definition) is 5. The van der Waals surface area contributed by atoms with Crippen LogP contribution in [0.25, 0.3) is 33.3 Å². The van der Waals surface area contributed by atoms with Crippen LogP contribution in [-0.2, 0) is 9.59 Å². The topological polar surface area (TPSA) is 103 Å². The van der Waals surface area contributed by atoms with Crippen LogP contribution in [-0.4, -0.2) is 46.9 Å². The SMILES string of the molecule is CNC(=O)CCCCC[C@H](NC(=O)C1CCCN(c2ccccc2-c2ccccn2)C1)c1ncc(-c2ccc3ccccc3c2)[nH]1. The monoisotopic (exact) mass is 614 g/mol. The van der Waals surface area contributed by atoms with Gasteiger partial charge in [-0.15, -0.1) is 0 Å². The third-order valence-electron chi connectivity index (χ3n) is 8.96. The lowest BCUT2D eigenvalue weighted by Crippen LogP contribution is -2.44. The van der Waals surface area contributed by atoms with Gasteiger partial charge in [0.25, 0.3) is 0 Å². The molecule has 1 saturated heterocycles. The lowest BCUT2D eigenvalue weighted by molar-refractivity contribution is -0.126. The molecule has 3 heterocycles. The molecule has 1 aliphatic rings. The van der Waals surface area contributed by atoms with E-state index in [1.807, 2.05) is 48.8 Å². The summed E-state index contributed by atoms with van der Waals surface area (Å²) in [6, 6.07) is 28.7. The predicted octanol–water partition coefficient (Wildman–Crippen LogP) is 7.06. The number of aromatic amines is 1. The van der Waals surface area contributed by atoms with Crippen molar-refractivity contribution in [1.29, 1.82) is 0 Å². The number of unbranched alkanes of at least 4 members (excludes halogenated alkanes) is 2. The zero-order valence-electron chi connectivity index (χ0n) is 26.4. The number of piperidine rings is 1. The standard InChI is InChI=1S/C38H42N6O2/c1-39-36(45)19-4-2-3-17-33(37-41-25-34(42-37)29-21-20-27-12-5-6-13-28(27)24-29)43-38(46)30-14-11-23-44(26-30)35-18-8-7-15-31(35)32-16-9-10-22-40-32/h5-10,12-13,15-16,18,20-22,24-25,30,33H,2-4,11,14,17,19,23,26H2,1H3,(H,39,45)(H,41,42)(H,43,46)/t30?,33-/m0/s1. The van der Waals surface area contributed by atoms with E-state index in [4.69, 9.17) is 4.98 Å². The Bertz CT molecular complexity index is 1770. The molecule has 0 aliphatic carbocycles. The van der Waals surface area contributed by atoms with Gasteiger partial charge in [0.05, 0.1) is 29.5 Å². The van der Waals surface area contributed by atoms with Gasteiger partial charge < -0.3 is 20.5 Å². The molecule has 236 valence electrons. The highest BCUT2D eigenvalue weighted by atomic mass is 16.2. The quantitative estimate of drug-likeness (QED) is 0.131. The van der Waals surface area contributed by atoms with Crippen molar-refractivity contribution >= 4 is 28.3 Å². The maximum atomic E-state index is 13.9. The van der Waals surface area contributed by atoms with Crippen molar-refractivity contribution in [2.24, 2.45) is 5.92 Å². The van der Waals surface area contributed by atoms with E-state index in [1.165, 1.54) is 10.8 Å². The summed E-state index contributed by atoms with van der Waals surface area (Å²) in [5, 5.41) is 8.43. The second kappa shape index (κ2) is 14.9. The zero-order valence-corrected chi connectivity index (χ0v) is 26.4. The highest BCUT2D eigenvalue weighted by Gasteiger charge is 2.29. The molecule has 3 N–H and O–H groups in total. The van der Waals surface area contributed by atoms with Crippen molar-refractivity contribution in [3.63, 3.8) is 0 Å². The largest absolute Gasteiger partial charge is 0.370 e. The molecule has 6 rings (SSSR count). The first kappa shape index (κ1) is 31.0. The molecule has 0 spiro atoms. The van der Waals surface area contributed by atoms with E-state index in [0.29, 0.717) is 13.0 Å². The second-order valence-electron chi connectivity index (χ2n) is 12.1. The summed E-state index contributed by atoms with van der Waals surface area (Å²) in [4.78, 5) is 40.8. The molecule has 8 nitrogen and oxygen atoms in total. The van der Waals surface area contributed by atoms with Gasteiger partial charge in [0.15, 0.2) is 0 Å². The predicted molar refractivity (Wildman–Crippen MR) is 184 cm³/mol. The second-order valence-corrected chi connectivity index (χ2v) is 12.1. The Morgan fingerprint density at radius 2 is 1.76 bits per heavy atom. The van der Waals surface area contributed by atoms with Crippen LogP contribution in [0.15, 0.2) is 97.3 Å². The van der Waals surface area contributed by atoms with E-state index in [0.717, 1.165) is 79.1 Å². The molecule has 1 aliphatic heterocycles. The van der Waals surface area contributed by atoms with Gasteiger partial charge in [0, 0.05) is 49.6 Å². The van der Waals surface area contributed by atoms with Gasteiger partial charge in [-0.2, -0.15) is 0 Å². The van der Waals surface area contributed by atoms with Crippen molar-refractivity contribution in [2.75, 3.05) is 25.0 Å². The maximum absolute atomic E-state index is 13.9. The number of hydrogen-bond donors (Lipinski definition) is 3. The number of fused-ring (bicyclic) bond motifs is 1. The van der Waals surface area contributed by atoms with Gasteiger partial charge in [0.2, 0.25) is 11.8 Å². The zero-order chi connectivity index (χ0) is 31.7. The van der Waals surface area contributed by atoms with Crippen molar-refractivity contribution in [2.45, 2.75) is 51.0 Å². The van der Waals surface area contributed by atoms with Crippen LogP contribution in [0, 0.1) is 5.92 Å². The Morgan fingerprint density at radius 3 is 2.61 bits per heavy atom. The van der Waals surface area contributed by atoms with E-state index in [2.05, 4.69) is 74.0 Å². The maximum Gasteiger partial charge on any atom is 0.225 e. The normalized spacial score (nSPS) is 15.4. The van der Waals surface area contributed by atoms with Crippen LogP contribution >= 0.6 is 0 Å². The molecule has 46 heavy (non-hydrogen) atoms. The summed E-state index contributed by atoms with van der Waals surface area (Å²) >= 11 is 0. The molecule has 3 aromatic carbocycles. The number of imidazole rings is 1. The third kappa shape index (κ3) is 7.45. The summed E-state index contributed by atoms with van der Waals surface area (Å²) in [6.07, 6.45) is 9.30. The smallest absolute Gasteiger partial charge is 0.225 e. The molecule has 0 radical (unpaired) electrons. The fraction of sp³-hybridized carbons (Fsp3) is 0.316. The first-order valence-corrected chi connectivity index (χ1v) is 16.4. The number of carbonyl (C=O) groups excluding carboxylic acids is 2. The molecule has 2 aromatic heterocycles. The average Bonchev–Trinajstić information content (AvgIpc) is 3.61. The summed E-state index contributed by atoms with van der Waals surface area (Å²) in [6.45, 7) is 1.55. The van der Waals surface area contributed by atoms with Gasteiger partial charge >= 0.3 is 0 Å². The number of nitrogens with zero attached hydrogens (tertiary/aromatic N) is 3. The average molecular weight is 615 g/mol. The molecule has 0 saturated carbocycles. The van der Waals surface area contributed by atoms with Gasteiger partial charge in [-0.25, -0.2) is 4.98 Å². The van der Waals surface area contributed by atoms with Crippen molar-refractivity contribution in [3.05, 3.63) is 103 Å². The Labute approximate surface area is 270 Å². The van der Waals surface area contributed by atoms with Crippen LogP contribution in [0.5, 0.6) is 0 Å². The van der Waals surface area contributed by atoms with Gasteiger partial charge in [0.1, 0.15) is 5.82 Å². The highest BCUT2D eigenvalue weighted by Crippen LogP contribution is 2.33. The minimum atomic E-state index is -0.252. The first-order valence-electron chi connectivity index (χ1n) is 16.4. The van der Waals surface area contributed by atoms with Gasteiger partial charge in [-0.3, -0.25) is 14.6 Å². The summed E-state index contributed by atoms with van der Waals surface area (Å²) in [7, 11) is 1.67. The number of carbonyl (C=O) groups is 2. The number of nitrogens with one attached hydrogen (secondary N) is 3. The molecule has 2 amide bonds. The third-order valence-corrected chi connectivity index (χ3v) is 8.96. The van der Waals surface area contributed by atoms with Crippen LogP contribution in [0.4, 0.5) is 5.69 Å². The molecule has 0 bridgehead atoms. The molecule has 5 aromatic rings. The molecule has 1 unspecified atom stereocenters. The van der Waals surface area contributed by atoms with Gasteiger partial charge in [-0.1, -0.05) is 73.5 Å². The minimum Gasteiger partial charge on any atom is -0.370 e. The van der Waals surface area contributed by atoms with E-state index in [-0.39, 0.29) is 23.8 Å². The highest BCUT2D eigenvalue weighted by molar-refractivity contribution is 5.87. The molecular formula is C38H42N6O2. The molecule has 8 heteroatoms. The van der Waals surface area contributed by atoms with E-state index < -0.39 is 0 Å². The van der Waals surface area contributed by atoms with Crippen molar-refractivity contribution in [1.82, 2.24) is 25.6 Å². The Kier molecular flexibility index (Phi) is 10.0. The number of amides is 2. The number of pyridine rings is 1. The molecule has 1 fully saturated rings.